The molecular formula is C33H30N4O5. The Balaban J connectivity index is 1.34. The van der Waals surface area contributed by atoms with Crippen LogP contribution in [-0.4, -0.2) is 41.3 Å². The highest BCUT2D eigenvalue weighted by Crippen LogP contribution is 2.54. The highest BCUT2D eigenvalue weighted by Gasteiger charge is 2.70. The van der Waals surface area contributed by atoms with E-state index in [9.17, 15) is 19.2 Å². The highest BCUT2D eigenvalue weighted by atomic mass is 16.5. The molecule has 3 aromatic carbocycles. The molecule has 3 N–H and O–H groups in total. The zero-order valence-electron chi connectivity index (χ0n) is 23.5. The van der Waals surface area contributed by atoms with E-state index in [0.29, 0.717) is 28.9 Å². The molecule has 0 aliphatic carbocycles. The summed E-state index contributed by atoms with van der Waals surface area (Å²) < 4.78 is 5.08. The number of amides is 3. The van der Waals surface area contributed by atoms with Crippen LogP contribution in [0.15, 0.2) is 66.9 Å². The number of hydrogen-bond acceptors (Lipinski definition) is 6. The summed E-state index contributed by atoms with van der Waals surface area (Å²) >= 11 is 0. The Morgan fingerprint density at radius 1 is 0.976 bits per heavy atom. The monoisotopic (exact) mass is 562 g/mol. The molecular weight excluding hydrogens is 532 g/mol. The molecule has 2 fully saturated rings. The van der Waals surface area contributed by atoms with Gasteiger partial charge in [-0.05, 0) is 74.2 Å². The molecule has 7 rings (SSSR count). The van der Waals surface area contributed by atoms with Crippen molar-refractivity contribution < 1.29 is 23.9 Å². The van der Waals surface area contributed by atoms with Crippen molar-refractivity contribution >= 4 is 46.0 Å². The summed E-state index contributed by atoms with van der Waals surface area (Å²) in [6.45, 7) is 5.89. The molecule has 4 atom stereocenters. The van der Waals surface area contributed by atoms with Crippen molar-refractivity contribution in [3.8, 4) is 0 Å². The topological polar surface area (TPSA) is 121 Å². The third-order valence-corrected chi connectivity index (χ3v) is 9.17. The number of carbonyl (C=O) groups excluding carboxylic acids is 4. The summed E-state index contributed by atoms with van der Waals surface area (Å²) in [7, 11) is 0. The third kappa shape index (κ3) is 3.53. The van der Waals surface area contributed by atoms with Crippen LogP contribution in [0.3, 0.4) is 0 Å². The van der Waals surface area contributed by atoms with Crippen LogP contribution in [0.2, 0.25) is 0 Å². The smallest absolute Gasteiger partial charge is 0.338 e. The van der Waals surface area contributed by atoms with E-state index in [0.717, 1.165) is 27.6 Å². The minimum absolute atomic E-state index is 0.239. The van der Waals surface area contributed by atoms with Gasteiger partial charge in [-0.3, -0.25) is 19.7 Å². The van der Waals surface area contributed by atoms with Crippen LogP contribution in [0.1, 0.15) is 39.5 Å². The number of hydrogen-bond donors (Lipinski definition) is 3. The van der Waals surface area contributed by atoms with Gasteiger partial charge in [-0.2, -0.15) is 0 Å². The van der Waals surface area contributed by atoms with Gasteiger partial charge in [0.15, 0.2) is 0 Å². The van der Waals surface area contributed by atoms with Crippen LogP contribution in [-0.2, 0) is 31.1 Å². The average Bonchev–Trinajstić information content (AvgIpc) is 3.70. The predicted octanol–water partition coefficient (Wildman–Crippen LogP) is 4.13. The van der Waals surface area contributed by atoms with Crippen molar-refractivity contribution in [1.82, 2.24) is 10.3 Å². The Hall–Kier alpha value is -4.76. The number of esters is 1. The Bertz CT molecular complexity index is 1810. The summed E-state index contributed by atoms with van der Waals surface area (Å²) in [5.41, 5.74) is 4.58. The first-order valence-corrected chi connectivity index (χ1v) is 14.2. The first kappa shape index (κ1) is 26.2. The molecule has 4 heterocycles. The van der Waals surface area contributed by atoms with Crippen molar-refractivity contribution in [2.24, 2.45) is 11.8 Å². The molecule has 1 aromatic heterocycles. The second-order valence-corrected chi connectivity index (χ2v) is 11.3. The molecule has 42 heavy (non-hydrogen) atoms. The van der Waals surface area contributed by atoms with Gasteiger partial charge in [0.2, 0.25) is 17.7 Å². The molecule has 3 aliphatic heterocycles. The third-order valence-electron chi connectivity index (χ3n) is 9.17. The number of benzene rings is 3. The lowest BCUT2D eigenvalue weighted by atomic mass is 9.75. The summed E-state index contributed by atoms with van der Waals surface area (Å²) in [4.78, 5) is 59.2. The van der Waals surface area contributed by atoms with E-state index < -0.39 is 35.3 Å². The number of nitrogens with one attached hydrogen (secondary N) is 3. The van der Waals surface area contributed by atoms with E-state index in [1.165, 1.54) is 4.90 Å². The Morgan fingerprint density at radius 3 is 2.50 bits per heavy atom. The van der Waals surface area contributed by atoms with Crippen LogP contribution >= 0.6 is 0 Å². The van der Waals surface area contributed by atoms with Crippen molar-refractivity contribution in [1.29, 1.82) is 0 Å². The molecule has 1 spiro atoms. The number of nitrogens with zero attached hydrogens (tertiary/aromatic N) is 1. The maximum absolute atomic E-state index is 14.3. The number of fused-ring (bicyclic) bond motifs is 5. The van der Waals surface area contributed by atoms with E-state index >= 15 is 0 Å². The summed E-state index contributed by atoms with van der Waals surface area (Å²) in [6, 6.07) is 17.5. The lowest BCUT2D eigenvalue weighted by molar-refractivity contribution is -0.130. The Morgan fingerprint density at radius 2 is 1.74 bits per heavy atom. The van der Waals surface area contributed by atoms with Gasteiger partial charge in [0, 0.05) is 34.4 Å². The normalized spacial score (nSPS) is 24.4. The second kappa shape index (κ2) is 9.39. The van der Waals surface area contributed by atoms with Crippen molar-refractivity contribution in [3.05, 3.63) is 94.7 Å². The van der Waals surface area contributed by atoms with Gasteiger partial charge in [0.05, 0.1) is 29.7 Å². The number of aryl methyl sites for hydroxylation is 1. The fraction of sp³-hybridized carbons (Fsp3) is 0.273. The fourth-order valence-electron chi connectivity index (χ4n) is 7.05. The average molecular weight is 563 g/mol. The second-order valence-electron chi connectivity index (χ2n) is 11.3. The highest BCUT2D eigenvalue weighted by molar-refractivity contribution is 6.26. The van der Waals surface area contributed by atoms with Crippen LogP contribution in [0.5, 0.6) is 0 Å². The van der Waals surface area contributed by atoms with E-state index in [4.69, 9.17) is 4.74 Å². The standard InChI is InChI=1S/C33H30N4O5/c1-4-42-31(40)19-10-12-21(13-11-19)37-29(38)26-25(15-20-16-34-24-8-6-5-7-22(20)24)36-33(27(26)30(37)39)23-14-9-17(2)18(3)28(23)35-32(33)41/h5-14,16,25-27,34,36H,4,15H2,1-3H3,(H,35,41)/t25-,26+,27+,33-/m0/s1. The molecule has 3 amide bonds. The van der Waals surface area contributed by atoms with Gasteiger partial charge < -0.3 is 15.0 Å². The molecule has 0 saturated carbocycles. The van der Waals surface area contributed by atoms with Crippen molar-refractivity contribution in [2.75, 3.05) is 16.8 Å². The maximum Gasteiger partial charge on any atom is 0.338 e. The first-order valence-electron chi connectivity index (χ1n) is 14.2. The van der Waals surface area contributed by atoms with E-state index in [2.05, 4.69) is 15.6 Å². The zero-order chi connectivity index (χ0) is 29.3. The number of carbonyl (C=O) groups is 4. The van der Waals surface area contributed by atoms with Gasteiger partial charge in [-0.1, -0.05) is 30.3 Å². The predicted molar refractivity (Wildman–Crippen MR) is 157 cm³/mol. The van der Waals surface area contributed by atoms with E-state index in [1.54, 1.807) is 31.2 Å². The Kier molecular flexibility index (Phi) is 5.85. The van der Waals surface area contributed by atoms with Crippen LogP contribution < -0.4 is 15.5 Å². The van der Waals surface area contributed by atoms with Crippen molar-refractivity contribution in [3.63, 3.8) is 0 Å². The van der Waals surface area contributed by atoms with Gasteiger partial charge in [0.1, 0.15) is 5.54 Å². The largest absolute Gasteiger partial charge is 0.462 e. The number of para-hydroxylation sites is 1. The molecule has 4 aromatic rings. The molecule has 212 valence electrons. The van der Waals surface area contributed by atoms with Crippen molar-refractivity contribution in [2.45, 2.75) is 38.8 Å². The lowest BCUT2D eigenvalue weighted by Gasteiger charge is -2.29. The number of rotatable bonds is 5. The SMILES string of the molecule is CCOC(=O)c1ccc(N2C(=O)[C@@H]3[C@H](Cc4c[nH]c5ccccc45)N[C@]4(C(=O)Nc5c4ccc(C)c5C)[C@H]3C2=O)cc1. The molecule has 2 saturated heterocycles. The van der Waals surface area contributed by atoms with Gasteiger partial charge >= 0.3 is 5.97 Å². The number of anilines is 2. The lowest BCUT2D eigenvalue weighted by Crippen LogP contribution is -2.53. The number of H-pyrrole nitrogens is 1. The van der Waals surface area contributed by atoms with Crippen LogP contribution in [0.25, 0.3) is 10.9 Å². The number of ether oxygens (including phenoxy) is 1. The minimum atomic E-state index is -1.40. The van der Waals surface area contributed by atoms with E-state index in [-0.39, 0.29) is 18.4 Å². The maximum atomic E-state index is 14.3. The summed E-state index contributed by atoms with van der Waals surface area (Å²) in [6.07, 6.45) is 2.37. The summed E-state index contributed by atoms with van der Waals surface area (Å²) in [5.74, 6) is -3.35. The van der Waals surface area contributed by atoms with Crippen LogP contribution in [0, 0.1) is 25.7 Å². The molecule has 9 nitrogen and oxygen atoms in total. The number of aromatic amines is 1. The molecule has 3 aliphatic rings. The van der Waals surface area contributed by atoms with E-state index in [1.807, 2.05) is 56.4 Å². The number of imide groups is 1. The summed E-state index contributed by atoms with van der Waals surface area (Å²) in [5, 5.41) is 7.61. The quantitative estimate of drug-likeness (QED) is 0.249. The molecule has 0 radical (unpaired) electrons. The first-order chi connectivity index (χ1) is 20.3. The minimum Gasteiger partial charge on any atom is -0.462 e. The molecule has 9 heteroatoms. The van der Waals surface area contributed by atoms with Gasteiger partial charge in [-0.25, -0.2) is 9.69 Å². The molecule has 0 unspecified atom stereocenters. The molecule has 0 bridgehead atoms. The zero-order valence-corrected chi connectivity index (χ0v) is 23.5. The number of aromatic nitrogens is 1. The van der Waals surface area contributed by atoms with Gasteiger partial charge in [0.25, 0.3) is 0 Å². The van der Waals surface area contributed by atoms with Crippen LogP contribution in [0.4, 0.5) is 11.4 Å². The van der Waals surface area contributed by atoms with Gasteiger partial charge in [-0.15, -0.1) is 0 Å². The Labute approximate surface area is 242 Å². The fourth-order valence-corrected chi connectivity index (χ4v) is 7.05.